The van der Waals surface area contributed by atoms with Gasteiger partial charge in [-0.1, -0.05) is 0 Å². The van der Waals surface area contributed by atoms with E-state index in [1.807, 2.05) is 0 Å². The summed E-state index contributed by atoms with van der Waals surface area (Å²) in [6.45, 7) is 3.28. The molecule has 0 bridgehead atoms. The van der Waals surface area contributed by atoms with Gasteiger partial charge in [0.05, 0.1) is 16.6 Å². The van der Waals surface area contributed by atoms with Crippen molar-refractivity contribution in [2.45, 2.75) is 26.1 Å². The van der Waals surface area contributed by atoms with E-state index in [1.54, 1.807) is 12.3 Å². The number of alkyl halides is 3. The van der Waals surface area contributed by atoms with Crippen LogP contribution in [-0.2, 0) is 6.18 Å². The largest absolute Gasteiger partial charge is 0.416 e. The van der Waals surface area contributed by atoms with Crippen LogP contribution in [-0.4, -0.2) is 20.7 Å². The maximum atomic E-state index is 13.0. The summed E-state index contributed by atoms with van der Waals surface area (Å²) in [6, 6.07) is 4.73. The molecule has 0 aliphatic carbocycles. The van der Waals surface area contributed by atoms with Gasteiger partial charge in [-0.15, -0.1) is 11.3 Å². The van der Waals surface area contributed by atoms with Gasteiger partial charge in [0.1, 0.15) is 5.69 Å². The van der Waals surface area contributed by atoms with Gasteiger partial charge >= 0.3 is 6.18 Å². The van der Waals surface area contributed by atoms with Crippen molar-refractivity contribution in [3.63, 3.8) is 0 Å². The van der Waals surface area contributed by atoms with E-state index >= 15 is 0 Å². The van der Waals surface area contributed by atoms with Gasteiger partial charge in [0.15, 0.2) is 5.82 Å². The van der Waals surface area contributed by atoms with Gasteiger partial charge in [0.25, 0.3) is 11.5 Å². The SMILES string of the molecule is Cc1nc(-n2nc(C(=O)N[C@H](C)c3cc(N)cc(C(F)(F)F)c3)ccc2=O)cs1. The van der Waals surface area contributed by atoms with Crippen LogP contribution in [0.5, 0.6) is 0 Å². The molecule has 3 rings (SSSR count). The molecule has 0 radical (unpaired) electrons. The number of nitrogens with one attached hydrogen (secondary N) is 1. The second-order valence-corrected chi connectivity index (χ2v) is 7.34. The molecule has 3 aromatic rings. The highest BCUT2D eigenvalue weighted by Gasteiger charge is 2.31. The number of aryl methyl sites for hydroxylation is 1. The molecule has 0 saturated heterocycles. The second kappa shape index (κ2) is 7.66. The number of carbonyl (C=O) groups is 1. The summed E-state index contributed by atoms with van der Waals surface area (Å²) in [7, 11) is 0. The topological polar surface area (TPSA) is 103 Å². The Kier molecular flexibility index (Phi) is 5.42. The Bertz CT molecular complexity index is 1120. The molecule has 11 heteroatoms. The highest BCUT2D eigenvalue weighted by molar-refractivity contribution is 7.09. The van der Waals surface area contributed by atoms with Crippen LogP contribution in [0, 0.1) is 6.92 Å². The molecule has 29 heavy (non-hydrogen) atoms. The molecule has 0 saturated carbocycles. The average Bonchev–Trinajstić information content (AvgIpc) is 3.06. The summed E-state index contributed by atoms with van der Waals surface area (Å²) in [5.74, 6) is -0.375. The Hall–Kier alpha value is -3.21. The first-order chi connectivity index (χ1) is 13.5. The number of hydrogen-bond donors (Lipinski definition) is 2. The fraction of sp³-hybridized carbons (Fsp3) is 0.222. The van der Waals surface area contributed by atoms with Crippen LogP contribution < -0.4 is 16.6 Å². The average molecular weight is 423 g/mol. The molecule has 3 N–H and O–H groups in total. The number of amides is 1. The third-order valence-corrected chi connectivity index (χ3v) is 4.77. The number of hydrogen-bond acceptors (Lipinski definition) is 6. The van der Waals surface area contributed by atoms with E-state index in [0.717, 1.165) is 21.8 Å². The van der Waals surface area contributed by atoms with Gasteiger partial charge in [-0.2, -0.15) is 23.0 Å². The molecule has 7 nitrogen and oxygen atoms in total. The Morgan fingerprint density at radius 2 is 2.00 bits per heavy atom. The molecule has 0 unspecified atom stereocenters. The Morgan fingerprint density at radius 1 is 1.28 bits per heavy atom. The first-order valence-electron chi connectivity index (χ1n) is 8.36. The number of aromatic nitrogens is 3. The van der Waals surface area contributed by atoms with E-state index in [4.69, 9.17) is 5.73 Å². The number of nitrogens with zero attached hydrogens (tertiary/aromatic N) is 3. The zero-order valence-corrected chi connectivity index (χ0v) is 16.1. The van der Waals surface area contributed by atoms with Gasteiger partial charge in [-0.25, -0.2) is 4.98 Å². The van der Waals surface area contributed by atoms with Crippen LogP contribution in [0.4, 0.5) is 18.9 Å². The molecule has 152 valence electrons. The Labute approximate surface area is 167 Å². The van der Waals surface area contributed by atoms with Gasteiger partial charge in [-0.05, 0) is 43.7 Å². The van der Waals surface area contributed by atoms with Crippen molar-refractivity contribution in [2.24, 2.45) is 0 Å². The van der Waals surface area contributed by atoms with Crippen LogP contribution in [0.2, 0.25) is 0 Å². The normalized spacial score (nSPS) is 12.6. The number of thiazole rings is 1. The number of rotatable bonds is 4. The smallest absolute Gasteiger partial charge is 0.399 e. The molecule has 0 aliphatic rings. The zero-order valence-electron chi connectivity index (χ0n) is 15.3. The maximum Gasteiger partial charge on any atom is 0.416 e. The third-order valence-electron chi connectivity index (χ3n) is 4.01. The van der Waals surface area contributed by atoms with Crippen molar-refractivity contribution in [3.8, 4) is 5.82 Å². The fourth-order valence-corrected chi connectivity index (χ4v) is 3.16. The minimum absolute atomic E-state index is 0.0681. The predicted octanol–water partition coefficient (Wildman–Crippen LogP) is 3.09. The first-order valence-corrected chi connectivity index (χ1v) is 9.24. The van der Waals surface area contributed by atoms with Crippen molar-refractivity contribution < 1.29 is 18.0 Å². The molecule has 0 fully saturated rings. The maximum absolute atomic E-state index is 13.0. The summed E-state index contributed by atoms with van der Waals surface area (Å²) in [4.78, 5) is 28.7. The van der Waals surface area contributed by atoms with E-state index in [9.17, 15) is 22.8 Å². The van der Waals surface area contributed by atoms with Gasteiger partial charge in [0, 0.05) is 17.1 Å². The lowest BCUT2D eigenvalue weighted by molar-refractivity contribution is -0.137. The van der Waals surface area contributed by atoms with Crippen LogP contribution in [0.15, 0.2) is 40.5 Å². The molecular weight excluding hydrogens is 407 g/mol. The van der Waals surface area contributed by atoms with Crippen molar-refractivity contribution in [2.75, 3.05) is 5.73 Å². The van der Waals surface area contributed by atoms with Gasteiger partial charge < -0.3 is 11.1 Å². The van der Waals surface area contributed by atoms with Crippen molar-refractivity contribution >= 4 is 22.9 Å². The lowest BCUT2D eigenvalue weighted by Crippen LogP contribution is -2.31. The van der Waals surface area contributed by atoms with Crippen molar-refractivity contribution in [1.29, 1.82) is 0 Å². The monoisotopic (exact) mass is 423 g/mol. The van der Waals surface area contributed by atoms with E-state index in [0.29, 0.717) is 0 Å². The lowest BCUT2D eigenvalue weighted by Gasteiger charge is -2.17. The minimum Gasteiger partial charge on any atom is -0.399 e. The summed E-state index contributed by atoms with van der Waals surface area (Å²) in [5.41, 5.74) is 4.24. The quantitative estimate of drug-likeness (QED) is 0.628. The van der Waals surface area contributed by atoms with E-state index in [1.165, 1.54) is 36.5 Å². The van der Waals surface area contributed by atoms with Gasteiger partial charge in [0.2, 0.25) is 0 Å². The molecule has 1 aromatic carbocycles. The standard InChI is InChI=1S/C18H16F3N5O2S/c1-9(11-5-12(18(19,20)21)7-13(22)6-11)23-17(28)14-3-4-16(27)26(25-14)15-8-29-10(2)24-15/h3-9H,22H2,1-2H3,(H,23,28)/t9-/m1/s1. The highest BCUT2D eigenvalue weighted by Crippen LogP contribution is 2.32. The fourth-order valence-electron chi connectivity index (χ4n) is 2.59. The number of anilines is 1. The van der Waals surface area contributed by atoms with E-state index in [2.05, 4.69) is 15.4 Å². The molecule has 2 aromatic heterocycles. The number of carbonyl (C=O) groups excluding carboxylic acids is 1. The molecule has 2 heterocycles. The Balaban J connectivity index is 1.86. The predicted molar refractivity (Wildman–Crippen MR) is 102 cm³/mol. The summed E-state index contributed by atoms with van der Waals surface area (Å²) in [5, 5.41) is 8.92. The summed E-state index contributed by atoms with van der Waals surface area (Å²) in [6.07, 6.45) is -4.56. The first kappa shape index (κ1) is 20.5. The summed E-state index contributed by atoms with van der Waals surface area (Å²) < 4.78 is 40.0. The van der Waals surface area contributed by atoms with Crippen LogP contribution in [0.25, 0.3) is 5.82 Å². The Morgan fingerprint density at radius 3 is 2.62 bits per heavy atom. The van der Waals surface area contributed by atoms with E-state index < -0.39 is 29.2 Å². The minimum atomic E-state index is -4.56. The summed E-state index contributed by atoms with van der Waals surface area (Å²) >= 11 is 1.32. The third kappa shape index (κ3) is 4.62. The lowest BCUT2D eigenvalue weighted by atomic mass is 10.0. The van der Waals surface area contributed by atoms with Gasteiger partial charge in [-0.3, -0.25) is 9.59 Å². The number of nitrogens with two attached hydrogens (primary N) is 1. The highest BCUT2D eigenvalue weighted by atomic mass is 32.1. The van der Waals surface area contributed by atoms with E-state index in [-0.39, 0.29) is 22.8 Å². The zero-order chi connectivity index (χ0) is 21.3. The number of benzene rings is 1. The second-order valence-electron chi connectivity index (χ2n) is 6.27. The molecule has 0 spiro atoms. The van der Waals surface area contributed by atoms with Crippen LogP contribution in [0.1, 0.15) is 39.6 Å². The van der Waals surface area contributed by atoms with Crippen molar-refractivity contribution in [3.05, 3.63) is 67.9 Å². The van der Waals surface area contributed by atoms with Crippen LogP contribution >= 0.6 is 11.3 Å². The number of nitrogen functional groups attached to an aromatic ring is 1. The van der Waals surface area contributed by atoms with Crippen LogP contribution in [0.3, 0.4) is 0 Å². The molecular formula is C18H16F3N5O2S. The van der Waals surface area contributed by atoms with Crippen molar-refractivity contribution in [1.82, 2.24) is 20.1 Å². The number of halogens is 3. The molecule has 0 aliphatic heterocycles. The molecule has 1 atom stereocenters. The molecule has 1 amide bonds.